The fourth-order valence-electron chi connectivity index (χ4n) is 3.65. The molecule has 4 rings (SSSR count). The van der Waals surface area contributed by atoms with Crippen molar-refractivity contribution in [1.82, 2.24) is 0 Å². The van der Waals surface area contributed by atoms with E-state index < -0.39 is 10.0 Å². The molecule has 0 saturated carbocycles. The van der Waals surface area contributed by atoms with Gasteiger partial charge < -0.3 is 10.2 Å². The van der Waals surface area contributed by atoms with E-state index in [9.17, 15) is 13.2 Å². The number of benzene rings is 3. The van der Waals surface area contributed by atoms with E-state index in [2.05, 4.69) is 10.2 Å². The molecule has 6 nitrogen and oxygen atoms in total. The molecule has 3 aromatic carbocycles. The maximum Gasteiger partial charge on any atom is 0.264 e. The lowest BCUT2D eigenvalue weighted by Crippen LogP contribution is -2.26. The van der Waals surface area contributed by atoms with E-state index in [-0.39, 0.29) is 10.8 Å². The van der Waals surface area contributed by atoms with Gasteiger partial charge >= 0.3 is 0 Å². The number of carbonyl (C=O) groups excluding carboxylic acids is 1. The number of sulfonamides is 1. The zero-order valence-electron chi connectivity index (χ0n) is 17.4. The number of anilines is 3. The predicted octanol–water partition coefficient (Wildman–Crippen LogP) is 4.36. The van der Waals surface area contributed by atoms with Gasteiger partial charge in [-0.1, -0.05) is 18.2 Å². The summed E-state index contributed by atoms with van der Waals surface area (Å²) in [5, 5.41) is 2.87. The second-order valence-electron chi connectivity index (χ2n) is 7.53. The Morgan fingerprint density at radius 1 is 0.871 bits per heavy atom. The maximum atomic E-state index is 12.9. The zero-order valence-corrected chi connectivity index (χ0v) is 18.2. The standard InChI is InChI=1S/C24H25N3O3S/c1-26(21-7-3-2-4-8-21)31(29,30)23-15-9-19(10-16-23)24(28)25-20-11-13-22(14-12-20)27-17-5-6-18-27/h2-4,7-16H,5-6,17-18H2,1H3,(H,25,28). The molecule has 1 aliphatic rings. The van der Waals surface area contributed by atoms with Crippen molar-refractivity contribution in [3.63, 3.8) is 0 Å². The van der Waals surface area contributed by atoms with Crippen LogP contribution in [0.25, 0.3) is 0 Å². The summed E-state index contributed by atoms with van der Waals surface area (Å²) in [5.74, 6) is -0.283. The van der Waals surface area contributed by atoms with Crippen LogP contribution < -0.4 is 14.5 Å². The number of amides is 1. The summed E-state index contributed by atoms with van der Waals surface area (Å²) >= 11 is 0. The minimum absolute atomic E-state index is 0.130. The van der Waals surface area contributed by atoms with Crippen molar-refractivity contribution in [1.29, 1.82) is 0 Å². The number of hydrogen-bond acceptors (Lipinski definition) is 4. The molecule has 0 radical (unpaired) electrons. The van der Waals surface area contributed by atoms with Crippen LogP contribution >= 0.6 is 0 Å². The summed E-state index contributed by atoms with van der Waals surface area (Å²) in [6, 6.07) is 22.6. The van der Waals surface area contributed by atoms with Gasteiger partial charge in [-0.2, -0.15) is 0 Å². The first-order chi connectivity index (χ1) is 14.9. The van der Waals surface area contributed by atoms with Crippen LogP contribution in [0.4, 0.5) is 17.1 Å². The monoisotopic (exact) mass is 435 g/mol. The van der Waals surface area contributed by atoms with Crippen molar-refractivity contribution >= 4 is 33.0 Å². The number of nitrogens with zero attached hydrogens (tertiary/aromatic N) is 2. The highest BCUT2D eigenvalue weighted by molar-refractivity contribution is 7.92. The minimum atomic E-state index is -3.71. The molecule has 160 valence electrons. The first-order valence-corrected chi connectivity index (χ1v) is 11.7. The lowest BCUT2D eigenvalue weighted by molar-refractivity contribution is 0.102. The van der Waals surface area contributed by atoms with Crippen molar-refractivity contribution < 1.29 is 13.2 Å². The molecule has 1 heterocycles. The Kier molecular flexibility index (Phi) is 5.95. The van der Waals surface area contributed by atoms with Crippen LogP contribution in [-0.4, -0.2) is 34.5 Å². The molecule has 1 saturated heterocycles. The molecule has 0 spiro atoms. The van der Waals surface area contributed by atoms with Crippen LogP contribution in [-0.2, 0) is 10.0 Å². The molecule has 31 heavy (non-hydrogen) atoms. The zero-order chi connectivity index (χ0) is 21.8. The van der Waals surface area contributed by atoms with Gasteiger partial charge in [0.2, 0.25) is 0 Å². The fraction of sp³-hybridized carbons (Fsp3) is 0.208. The number of hydrogen-bond donors (Lipinski definition) is 1. The van der Waals surface area contributed by atoms with Crippen LogP contribution in [0.2, 0.25) is 0 Å². The van der Waals surface area contributed by atoms with Gasteiger partial charge in [0.25, 0.3) is 15.9 Å². The average molecular weight is 436 g/mol. The van der Waals surface area contributed by atoms with Crippen molar-refractivity contribution in [2.24, 2.45) is 0 Å². The van der Waals surface area contributed by atoms with E-state index in [0.29, 0.717) is 16.9 Å². The average Bonchev–Trinajstić information content (AvgIpc) is 3.35. The number of para-hydroxylation sites is 1. The van der Waals surface area contributed by atoms with Gasteiger partial charge in [-0.05, 0) is 73.5 Å². The molecule has 3 aromatic rings. The Morgan fingerprint density at radius 3 is 2.10 bits per heavy atom. The molecule has 0 unspecified atom stereocenters. The molecule has 0 bridgehead atoms. The quantitative estimate of drug-likeness (QED) is 0.624. The molecule has 1 fully saturated rings. The van der Waals surface area contributed by atoms with Gasteiger partial charge in [0.1, 0.15) is 0 Å². The second kappa shape index (κ2) is 8.81. The van der Waals surface area contributed by atoms with E-state index in [1.54, 1.807) is 24.3 Å². The van der Waals surface area contributed by atoms with Crippen molar-refractivity contribution in [3.8, 4) is 0 Å². The van der Waals surface area contributed by atoms with Crippen LogP contribution in [0.5, 0.6) is 0 Å². The van der Waals surface area contributed by atoms with E-state index in [0.717, 1.165) is 18.8 Å². The first-order valence-electron chi connectivity index (χ1n) is 10.3. The summed E-state index contributed by atoms with van der Waals surface area (Å²) in [4.78, 5) is 15.1. The number of carbonyl (C=O) groups is 1. The molecule has 1 N–H and O–H groups in total. The topological polar surface area (TPSA) is 69.7 Å². The Morgan fingerprint density at radius 2 is 1.48 bits per heavy atom. The highest BCUT2D eigenvalue weighted by Crippen LogP contribution is 2.24. The SMILES string of the molecule is CN(c1ccccc1)S(=O)(=O)c1ccc(C(=O)Nc2ccc(N3CCCC3)cc2)cc1. The van der Waals surface area contributed by atoms with Crippen molar-refractivity contribution in [2.45, 2.75) is 17.7 Å². The normalized spacial score (nSPS) is 13.8. The summed E-state index contributed by atoms with van der Waals surface area (Å²) in [6.07, 6.45) is 2.43. The lowest BCUT2D eigenvalue weighted by atomic mass is 10.2. The van der Waals surface area contributed by atoms with Crippen LogP contribution in [0.3, 0.4) is 0 Å². The van der Waals surface area contributed by atoms with Crippen molar-refractivity contribution in [3.05, 3.63) is 84.4 Å². The molecular formula is C24H25N3O3S. The molecule has 1 amide bonds. The molecular weight excluding hydrogens is 410 g/mol. The molecule has 0 aliphatic carbocycles. The van der Waals surface area contributed by atoms with Gasteiger partial charge in [0.15, 0.2) is 0 Å². The van der Waals surface area contributed by atoms with E-state index in [1.165, 1.54) is 48.5 Å². The van der Waals surface area contributed by atoms with Gasteiger partial charge in [0.05, 0.1) is 10.6 Å². The smallest absolute Gasteiger partial charge is 0.264 e. The molecule has 0 aromatic heterocycles. The van der Waals surface area contributed by atoms with Crippen molar-refractivity contribution in [2.75, 3.05) is 34.7 Å². The molecule has 0 atom stereocenters. The molecule has 1 aliphatic heterocycles. The van der Waals surface area contributed by atoms with Crippen LogP contribution in [0, 0.1) is 0 Å². The highest BCUT2D eigenvalue weighted by atomic mass is 32.2. The second-order valence-corrected chi connectivity index (χ2v) is 9.50. The largest absolute Gasteiger partial charge is 0.372 e. The van der Waals surface area contributed by atoms with E-state index >= 15 is 0 Å². The summed E-state index contributed by atoms with van der Waals surface area (Å²) in [5.41, 5.74) is 2.83. The summed E-state index contributed by atoms with van der Waals surface area (Å²) in [6.45, 7) is 2.14. The Labute approximate surface area is 183 Å². The molecule has 7 heteroatoms. The van der Waals surface area contributed by atoms with Gasteiger partial charge in [-0.3, -0.25) is 9.10 Å². The van der Waals surface area contributed by atoms with E-state index in [4.69, 9.17) is 0 Å². The summed E-state index contributed by atoms with van der Waals surface area (Å²) < 4.78 is 27.0. The van der Waals surface area contributed by atoms with E-state index in [1.807, 2.05) is 30.3 Å². The number of nitrogens with one attached hydrogen (secondary N) is 1. The van der Waals surface area contributed by atoms with Gasteiger partial charge in [-0.25, -0.2) is 8.42 Å². The lowest BCUT2D eigenvalue weighted by Gasteiger charge is -2.19. The Bertz CT molecular complexity index is 1140. The maximum absolute atomic E-state index is 12.9. The number of rotatable bonds is 6. The van der Waals surface area contributed by atoms with Gasteiger partial charge in [0, 0.05) is 37.1 Å². The highest BCUT2D eigenvalue weighted by Gasteiger charge is 2.21. The Balaban J connectivity index is 1.44. The fourth-order valence-corrected chi connectivity index (χ4v) is 4.84. The summed E-state index contributed by atoms with van der Waals surface area (Å²) in [7, 11) is -2.20. The van der Waals surface area contributed by atoms with Crippen LogP contribution in [0.1, 0.15) is 23.2 Å². The minimum Gasteiger partial charge on any atom is -0.372 e. The Hall–Kier alpha value is -3.32. The third-order valence-corrected chi connectivity index (χ3v) is 7.29. The third kappa shape index (κ3) is 4.56. The van der Waals surface area contributed by atoms with Gasteiger partial charge in [-0.15, -0.1) is 0 Å². The first kappa shape index (κ1) is 20.9. The van der Waals surface area contributed by atoms with Crippen LogP contribution in [0.15, 0.2) is 83.8 Å². The predicted molar refractivity (Wildman–Crippen MR) is 124 cm³/mol. The third-order valence-electron chi connectivity index (χ3n) is 5.49.